The minimum absolute atomic E-state index is 0.0163. The van der Waals surface area contributed by atoms with Crippen LogP contribution in [0.5, 0.6) is 0 Å². The molecule has 1 aromatic carbocycles. The molecule has 0 unspecified atom stereocenters. The fourth-order valence-corrected chi connectivity index (χ4v) is 4.34. The summed E-state index contributed by atoms with van der Waals surface area (Å²) in [7, 11) is 0. The number of para-hydroxylation sites is 1. The van der Waals surface area contributed by atoms with E-state index in [0.29, 0.717) is 11.4 Å². The number of carbonyl (C=O) groups excluding carboxylic acids is 2. The van der Waals surface area contributed by atoms with Crippen LogP contribution in [-0.2, 0) is 17.6 Å². The Morgan fingerprint density at radius 2 is 2.12 bits per heavy atom. The van der Waals surface area contributed by atoms with Crippen molar-refractivity contribution in [3.05, 3.63) is 45.4 Å². The van der Waals surface area contributed by atoms with Gasteiger partial charge in [-0.2, -0.15) is 0 Å². The summed E-state index contributed by atoms with van der Waals surface area (Å²) in [6.45, 7) is 2.56. The number of fused-ring (bicyclic) bond motifs is 1. The van der Waals surface area contributed by atoms with Crippen LogP contribution in [-0.4, -0.2) is 29.9 Å². The normalized spacial score (nSPS) is 16.0. The highest BCUT2D eigenvalue weighted by Crippen LogP contribution is 2.34. The third-order valence-electron chi connectivity index (χ3n) is 4.80. The highest BCUT2D eigenvalue weighted by molar-refractivity contribution is 7.13. The van der Waals surface area contributed by atoms with Crippen molar-refractivity contribution in [2.75, 3.05) is 18.0 Å². The Hall–Kier alpha value is -2.21. The summed E-state index contributed by atoms with van der Waals surface area (Å²) in [5.74, 6) is 0.481. The molecule has 5 nitrogen and oxygen atoms in total. The van der Waals surface area contributed by atoms with E-state index in [0.717, 1.165) is 35.1 Å². The van der Waals surface area contributed by atoms with Gasteiger partial charge in [0.1, 0.15) is 4.88 Å². The molecular formula is C19H21N3O2S. The maximum Gasteiger partial charge on any atom is 0.263 e. The van der Waals surface area contributed by atoms with Crippen molar-refractivity contribution in [1.29, 1.82) is 0 Å². The number of aryl methyl sites for hydroxylation is 1. The maximum absolute atomic E-state index is 12.5. The van der Waals surface area contributed by atoms with Gasteiger partial charge in [0.2, 0.25) is 5.91 Å². The lowest BCUT2D eigenvalue weighted by Crippen LogP contribution is -2.39. The second kappa shape index (κ2) is 6.59. The Morgan fingerprint density at radius 1 is 1.32 bits per heavy atom. The summed E-state index contributed by atoms with van der Waals surface area (Å²) >= 11 is 1.46. The Morgan fingerprint density at radius 3 is 2.92 bits per heavy atom. The number of amides is 2. The lowest BCUT2D eigenvalue weighted by Gasteiger charge is -2.17. The van der Waals surface area contributed by atoms with Gasteiger partial charge in [0.05, 0.1) is 17.2 Å². The SMILES string of the molecule is Cc1nc(CC2CC2)sc1C(=O)NCC(=O)N1CCc2ccccc21. The minimum atomic E-state index is -0.196. The van der Waals surface area contributed by atoms with Crippen molar-refractivity contribution in [2.24, 2.45) is 5.92 Å². The monoisotopic (exact) mass is 355 g/mol. The van der Waals surface area contributed by atoms with Crippen molar-refractivity contribution in [3.63, 3.8) is 0 Å². The smallest absolute Gasteiger partial charge is 0.263 e. The van der Waals surface area contributed by atoms with E-state index < -0.39 is 0 Å². The topological polar surface area (TPSA) is 62.3 Å². The molecule has 0 atom stereocenters. The van der Waals surface area contributed by atoms with E-state index in [-0.39, 0.29) is 18.4 Å². The van der Waals surface area contributed by atoms with Crippen LogP contribution in [0.1, 0.15) is 38.8 Å². The molecule has 2 aliphatic rings. The second-order valence-corrected chi connectivity index (χ2v) is 7.86. The molecule has 2 heterocycles. The van der Waals surface area contributed by atoms with Gasteiger partial charge in [0.15, 0.2) is 0 Å². The molecule has 1 N–H and O–H groups in total. The van der Waals surface area contributed by atoms with Gasteiger partial charge in [-0.15, -0.1) is 11.3 Å². The molecule has 1 aliphatic heterocycles. The second-order valence-electron chi connectivity index (χ2n) is 6.78. The Bertz CT molecular complexity index is 826. The molecule has 1 aliphatic carbocycles. The lowest BCUT2D eigenvalue weighted by atomic mass is 10.2. The number of benzene rings is 1. The number of rotatable bonds is 5. The fraction of sp³-hybridized carbons (Fsp3) is 0.421. The molecule has 0 radical (unpaired) electrons. The average molecular weight is 355 g/mol. The van der Waals surface area contributed by atoms with E-state index in [9.17, 15) is 9.59 Å². The Balaban J connectivity index is 1.37. The first-order valence-corrected chi connectivity index (χ1v) is 9.56. The summed E-state index contributed by atoms with van der Waals surface area (Å²) in [5.41, 5.74) is 2.91. The number of nitrogens with one attached hydrogen (secondary N) is 1. The van der Waals surface area contributed by atoms with Crippen LogP contribution in [0.2, 0.25) is 0 Å². The summed E-state index contributed by atoms with van der Waals surface area (Å²) in [4.78, 5) is 31.8. The Kier molecular flexibility index (Phi) is 4.29. The number of hydrogen-bond donors (Lipinski definition) is 1. The van der Waals surface area contributed by atoms with E-state index in [1.807, 2.05) is 31.2 Å². The summed E-state index contributed by atoms with van der Waals surface area (Å²) in [6.07, 6.45) is 4.38. The van der Waals surface area contributed by atoms with Crippen molar-refractivity contribution in [3.8, 4) is 0 Å². The number of carbonyl (C=O) groups is 2. The number of anilines is 1. The van der Waals surface area contributed by atoms with Crippen LogP contribution < -0.4 is 10.2 Å². The molecule has 25 heavy (non-hydrogen) atoms. The summed E-state index contributed by atoms with van der Waals surface area (Å²) in [5, 5.41) is 3.80. The van der Waals surface area contributed by atoms with E-state index in [2.05, 4.69) is 10.3 Å². The van der Waals surface area contributed by atoms with Crippen LogP contribution in [0.25, 0.3) is 0 Å². The van der Waals surface area contributed by atoms with Gasteiger partial charge < -0.3 is 10.2 Å². The predicted molar refractivity (Wildman–Crippen MR) is 98.1 cm³/mol. The van der Waals surface area contributed by atoms with Crippen LogP contribution in [0, 0.1) is 12.8 Å². The zero-order valence-electron chi connectivity index (χ0n) is 14.2. The molecule has 2 aromatic rings. The lowest BCUT2D eigenvalue weighted by molar-refractivity contribution is -0.117. The quantitative estimate of drug-likeness (QED) is 0.897. The molecule has 130 valence electrons. The van der Waals surface area contributed by atoms with Gasteiger partial charge in [0.25, 0.3) is 5.91 Å². The van der Waals surface area contributed by atoms with Crippen molar-refractivity contribution >= 4 is 28.8 Å². The first-order chi connectivity index (χ1) is 12.1. The van der Waals surface area contributed by atoms with Gasteiger partial charge in [-0.1, -0.05) is 18.2 Å². The minimum Gasteiger partial charge on any atom is -0.342 e. The van der Waals surface area contributed by atoms with E-state index in [1.165, 1.54) is 29.7 Å². The largest absolute Gasteiger partial charge is 0.342 e. The molecule has 0 spiro atoms. The molecule has 0 bridgehead atoms. The van der Waals surface area contributed by atoms with Gasteiger partial charge in [0, 0.05) is 18.7 Å². The zero-order valence-corrected chi connectivity index (χ0v) is 15.1. The van der Waals surface area contributed by atoms with Gasteiger partial charge in [-0.05, 0) is 43.7 Å². The highest BCUT2D eigenvalue weighted by Gasteiger charge is 2.26. The van der Waals surface area contributed by atoms with E-state index >= 15 is 0 Å². The first-order valence-electron chi connectivity index (χ1n) is 8.74. The van der Waals surface area contributed by atoms with Gasteiger partial charge >= 0.3 is 0 Å². The fourth-order valence-electron chi connectivity index (χ4n) is 3.25. The average Bonchev–Trinajstić information content (AvgIpc) is 3.18. The predicted octanol–water partition coefficient (Wildman–Crippen LogP) is 2.72. The number of aromatic nitrogens is 1. The first kappa shape index (κ1) is 16.3. The Labute approximate surface area is 151 Å². The molecular weight excluding hydrogens is 334 g/mol. The number of hydrogen-bond acceptors (Lipinski definition) is 4. The van der Waals surface area contributed by atoms with E-state index in [4.69, 9.17) is 0 Å². The number of nitrogens with zero attached hydrogens (tertiary/aromatic N) is 2. The maximum atomic E-state index is 12.5. The highest BCUT2D eigenvalue weighted by atomic mass is 32.1. The van der Waals surface area contributed by atoms with Crippen molar-refractivity contribution in [1.82, 2.24) is 10.3 Å². The van der Waals surface area contributed by atoms with Crippen LogP contribution in [0.3, 0.4) is 0 Å². The van der Waals surface area contributed by atoms with Crippen LogP contribution in [0.4, 0.5) is 5.69 Å². The third kappa shape index (κ3) is 3.44. The molecule has 1 aromatic heterocycles. The molecule has 2 amide bonds. The zero-order chi connectivity index (χ0) is 17.4. The van der Waals surface area contributed by atoms with Crippen LogP contribution >= 0.6 is 11.3 Å². The molecule has 0 saturated heterocycles. The van der Waals surface area contributed by atoms with Gasteiger partial charge in [-0.3, -0.25) is 9.59 Å². The van der Waals surface area contributed by atoms with E-state index in [1.54, 1.807) is 4.90 Å². The molecule has 4 rings (SSSR count). The summed E-state index contributed by atoms with van der Waals surface area (Å²) < 4.78 is 0. The number of thiazole rings is 1. The summed E-state index contributed by atoms with van der Waals surface area (Å²) in [6, 6.07) is 7.92. The van der Waals surface area contributed by atoms with Crippen molar-refractivity contribution in [2.45, 2.75) is 32.6 Å². The molecule has 1 fully saturated rings. The molecule has 1 saturated carbocycles. The van der Waals surface area contributed by atoms with Gasteiger partial charge in [-0.25, -0.2) is 4.98 Å². The van der Waals surface area contributed by atoms with Crippen LogP contribution in [0.15, 0.2) is 24.3 Å². The van der Waals surface area contributed by atoms with Crippen molar-refractivity contribution < 1.29 is 9.59 Å². The molecule has 6 heteroatoms. The standard InChI is InChI=1S/C19H21N3O2S/c1-12-18(25-16(21-12)10-13-6-7-13)19(24)20-11-17(23)22-9-8-14-4-2-3-5-15(14)22/h2-5,13H,6-11H2,1H3,(H,20,24). The third-order valence-corrected chi connectivity index (χ3v) is 5.97.